The normalized spacial score (nSPS) is 10.0. The topological polar surface area (TPSA) is 16.1 Å². The Kier molecular flexibility index (Phi) is 3.02. The second-order valence-electron chi connectivity index (χ2n) is 3.25. The Balaban J connectivity index is 2.29. The predicted octanol–water partition coefficient (Wildman–Crippen LogP) is 3.61. The number of benzene rings is 1. The smallest absolute Gasteiger partial charge is 0.0594 e. The van der Waals surface area contributed by atoms with Gasteiger partial charge in [-0.15, -0.1) is 0 Å². The van der Waals surface area contributed by atoms with Crippen molar-refractivity contribution in [3.63, 3.8) is 0 Å². The van der Waals surface area contributed by atoms with E-state index < -0.39 is 0 Å². The second-order valence-corrected chi connectivity index (χ2v) is 4.16. The van der Waals surface area contributed by atoms with E-state index in [2.05, 4.69) is 37.9 Å². The van der Waals surface area contributed by atoms with Crippen molar-refractivity contribution in [1.82, 2.24) is 4.98 Å². The van der Waals surface area contributed by atoms with Crippen molar-refractivity contribution in [3.05, 3.63) is 53.3 Å². The first-order valence-corrected chi connectivity index (χ1v) is 5.46. The minimum absolute atomic E-state index is 1.08. The zero-order chi connectivity index (χ0) is 10.7. The Bertz CT molecular complexity index is 425. The van der Waals surface area contributed by atoms with Crippen LogP contribution in [0.1, 0.15) is 0 Å². The molecule has 0 unspecified atom stereocenters. The summed E-state index contributed by atoms with van der Waals surface area (Å²) >= 11 is 3.42. The fraction of sp³-hybridized carbons (Fsp3) is 0.0833. The molecule has 0 aliphatic rings. The lowest BCUT2D eigenvalue weighted by Gasteiger charge is -2.18. The van der Waals surface area contributed by atoms with Crippen molar-refractivity contribution < 1.29 is 0 Å². The van der Waals surface area contributed by atoms with Crippen LogP contribution in [-0.4, -0.2) is 12.0 Å². The predicted molar refractivity (Wildman–Crippen MR) is 66.4 cm³/mol. The summed E-state index contributed by atoms with van der Waals surface area (Å²) in [6.45, 7) is 0. The van der Waals surface area contributed by atoms with Crippen molar-refractivity contribution in [2.75, 3.05) is 11.9 Å². The van der Waals surface area contributed by atoms with Gasteiger partial charge in [0.25, 0.3) is 0 Å². The SMILES string of the molecule is CN(c1ccc(Br)cc1)c1cccnc1. The van der Waals surface area contributed by atoms with E-state index in [1.165, 1.54) is 0 Å². The van der Waals surface area contributed by atoms with Crippen LogP contribution in [0.4, 0.5) is 11.4 Å². The van der Waals surface area contributed by atoms with Crippen molar-refractivity contribution in [2.24, 2.45) is 0 Å². The maximum absolute atomic E-state index is 4.10. The number of anilines is 2. The number of halogens is 1. The number of nitrogens with zero attached hydrogens (tertiary/aromatic N) is 2. The first-order valence-electron chi connectivity index (χ1n) is 4.67. The van der Waals surface area contributed by atoms with Gasteiger partial charge in [-0.05, 0) is 36.4 Å². The first kappa shape index (κ1) is 10.2. The molecule has 0 saturated carbocycles. The van der Waals surface area contributed by atoms with E-state index in [1.807, 2.05) is 37.5 Å². The molecule has 2 rings (SSSR count). The minimum atomic E-state index is 1.08. The summed E-state index contributed by atoms with van der Waals surface area (Å²) in [6, 6.07) is 12.2. The maximum Gasteiger partial charge on any atom is 0.0594 e. The van der Waals surface area contributed by atoms with Gasteiger partial charge in [-0.2, -0.15) is 0 Å². The fourth-order valence-corrected chi connectivity index (χ4v) is 1.63. The highest BCUT2D eigenvalue weighted by atomic mass is 79.9. The molecule has 1 heterocycles. The molecule has 0 saturated heterocycles. The molecule has 2 aromatic rings. The number of rotatable bonds is 2. The third kappa shape index (κ3) is 2.36. The van der Waals surface area contributed by atoms with Crippen LogP contribution in [0.3, 0.4) is 0 Å². The Morgan fingerprint density at radius 3 is 2.40 bits per heavy atom. The van der Waals surface area contributed by atoms with E-state index in [4.69, 9.17) is 0 Å². The summed E-state index contributed by atoms with van der Waals surface area (Å²) in [5, 5.41) is 0. The molecule has 0 amide bonds. The van der Waals surface area contributed by atoms with Gasteiger partial charge in [-0.25, -0.2) is 0 Å². The lowest BCUT2D eigenvalue weighted by Crippen LogP contribution is -2.09. The Hall–Kier alpha value is -1.35. The van der Waals surface area contributed by atoms with Crippen molar-refractivity contribution in [3.8, 4) is 0 Å². The van der Waals surface area contributed by atoms with E-state index in [9.17, 15) is 0 Å². The third-order valence-electron chi connectivity index (χ3n) is 2.25. The van der Waals surface area contributed by atoms with Crippen LogP contribution in [-0.2, 0) is 0 Å². The molecule has 0 N–H and O–H groups in total. The number of pyridine rings is 1. The molecule has 0 spiro atoms. The van der Waals surface area contributed by atoms with Gasteiger partial charge >= 0.3 is 0 Å². The average molecular weight is 263 g/mol. The van der Waals surface area contributed by atoms with Crippen molar-refractivity contribution in [2.45, 2.75) is 0 Å². The van der Waals surface area contributed by atoms with Gasteiger partial charge in [0.2, 0.25) is 0 Å². The lowest BCUT2D eigenvalue weighted by atomic mass is 10.3. The van der Waals surface area contributed by atoms with Crippen LogP contribution in [0.5, 0.6) is 0 Å². The molecule has 0 bridgehead atoms. The number of hydrogen-bond acceptors (Lipinski definition) is 2. The minimum Gasteiger partial charge on any atom is -0.343 e. The van der Waals surface area contributed by atoms with Crippen molar-refractivity contribution >= 4 is 27.3 Å². The molecule has 0 aliphatic carbocycles. The summed E-state index contributed by atoms with van der Waals surface area (Å²) in [5.41, 5.74) is 2.23. The molecule has 0 aliphatic heterocycles. The summed E-state index contributed by atoms with van der Waals surface area (Å²) in [5.74, 6) is 0. The van der Waals surface area contributed by atoms with Gasteiger partial charge in [-0.3, -0.25) is 4.98 Å². The van der Waals surface area contributed by atoms with Crippen LogP contribution >= 0.6 is 15.9 Å². The van der Waals surface area contributed by atoms with Gasteiger partial charge in [0.1, 0.15) is 0 Å². The highest BCUT2D eigenvalue weighted by molar-refractivity contribution is 9.10. The Labute approximate surface area is 97.7 Å². The van der Waals surface area contributed by atoms with E-state index >= 15 is 0 Å². The van der Waals surface area contributed by atoms with E-state index in [0.717, 1.165) is 15.8 Å². The molecule has 76 valence electrons. The molecular formula is C12H11BrN2. The highest BCUT2D eigenvalue weighted by Crippen LogP contribution is 2.23. The molecular weight excluding hydrogens is 252 g/mol. The van der Waals surface area contributed by atoms with Crippen LogP contribution in [0.2, 0.25) is 0 Å². The number of hydrogen-bond donors (Lipinski definition) is 0. The standard InChI is InChI=1S/C12H11BrN2/c1-15(12-3-2-8-14-9-12)11-6-4-10(13)5-7-11/h2-9H,1H3. The molecule has 0 atom stereocenters. The monoisotopic (exact) mass is 262 g/mol. The second kappa shape index (κ2) is 4.45. The summed E-state index contributed by atoms with van der Waals surface area (Å²) in [6.07, 6.45) is 3.63. The van der Waals surface area contributed by atoms with Crippen LogP contribution in [0, 0.1) is 0 Å². The van der Waals surface area contributed by atoms with Crippen LogP contribution in [0.15, 0.2) is 53.3 Å². The largest absolute Gasteiger partial charge is 0.343 e. The number of aromatic nitrogens is 1. The van der Waals surface area contributed by atoms with E-state index in [-0.39, 0.29) is 0 Å². The van der Waals surface area contributed by atoms with Gasteiger partial charge in [0.15, 0.2) is 0 Å². The third-order valence-corrected chi connectivity index (χ3v) is 2.78. The first-order chi connectivity index (χ1) is 7.27. The van der Waals surface area contributed by atoms with Gasteiger partial charge in [-0.1, -0.05) is 15.9 Å². The highest BCUT2D eigenvalue weighted by Gasteiger charge is 2.02. The molecule has 0 fully saturated rings. The zero-order valence-corrected chi connectivity index (χ0v) is 9.98. The van der Waals surface area contributed by atoms with Gasteiger partial charge in [0, 0.05) is 23.4 Å². The van der Waals surface area contributed by atoms with E-state index in [0.29, 0.717) is 0 Å². The average Bonchev–Trinajstić information content (AvgIpc) is 2.30. The van der Waals surface area contributed by atoms with E-state index in [1.54, 1.807) is 6.20 Å². The molecule has 2 nitrogen and oxygen atoms in total. The van der Waals surface area contributed by atoms with Gasteiger partial charge in [0.05, 0.1) is 11.9 Å². The molecule has 1 aromatic carbocycles. The molecule has 0 radical (unpaired) electrons. The zero-order valence-electron chi connectivity index (χ0n) is 8.39. The summed E-state index contributed by atoms with van der Waals surface area (Å²) in [4.78, 5) is 6.19. The Morgan fingerprint density at radius 2 is 1.80 bits per heavy atom. The quantitative estimate of drug-likeness (QED) is 0.822. The lowest BCUT2D eigenvalue weighted by molar-refractivity contribution is 1.17. The summed E-state index contributed by atoms with van der Waals surface area (Å²) < 4.78 is 1.09. The molecule has 3 heteroatoms. The summed E-state index contributed by atoms with van der Waals surface area (Å²) in [7, 11) is 2.03. The van der Waals surface area contributed by atoms with Crippen LogP contribution in [0.25, 0.3) is 0 Å². The molecule has 1 aromatic heterocycles. The maximum atomic E-state index is 4.10. The fourth-order valence-electron chi connectivity index (χ4n) is 1.37. The molecule has 15 heavy (non-hydrogen) atoms. The van der Waals surface area contributed by atoms with Crippen molar-refractivity contribution in [1.29, 1.82) is 0 Å². The van der Waals surface area contributed by atoms with Gasteiger partial charge < -0.3 is 4.90 Å². The van der Waals surface area contributed by atoms with Crippen LogP contribution < -0.4 is 4.90 Å². The Morgan fingerprint density at radius 1 is 1.07 bits per heavy atom.